The molecule has 0 atom stereocenters. The van der Waals surface area contributed by atoms with Gasteiger partial charge in [0.1, 0.15) is 18.2 Å². The van der Waals surface area contributed by atoms with E-state index in [1.165, 1.54) is 12.1 Å². The second-order valence-electron chi connectivity index (χ2n) is 6.38. The van der Waals surface area contributed by atoms with E-state index in [1.54, 1.807) is 17.0 Å². The highest BCUT2D eigenvalue weighted by atomic mass is 79.9. The van der Waals surface area contributed by atoms with Gasteiger partial charge in [-0.3, -0.25) is 0 Å². The van der Waals surface area contributed by atoms with Crippen molar-refractivity contribution in [1.82, 2.24) is 14.9 Å². The van der Waals surface area contributed by atoms with Crippen molar-refractivity contribution in [1.29, 1.82) is 0 Å². The number of hydrogen-bond donors (Lipinski definition) is 1. The van der Waals surface area contributed by atoms with E-state index in [-0.39, 0.29) is 12.4 Å². The van der Waals surface area contributed by atoms with Crippen LogP contribution < -0.4 is 4.74 Å². The Bertz CT molecular complexity index is 1250. The Morgan fingerprint density at radius 3 is 2.70 bits per heavy atom. The number of nitrogens with one attached hydrogen (secondary N) is 1. The third-order valence-corrected chi connectivity index (χ3v) is 5.13. The first kappa shape index (κ1) is 20.2. The van der Waals surface area contributed by atoms with Gasteiger partial charge in [0.25, 0.3) is 0 Å². The summed E-state index contributed by atoms with van der Waals surface area (Å²) in [6.45, 7) is 0.272. The molecule has 0 saturated carbocycles. The van der Waals surface area contributed by atoms with Gasteiger partial charge < -0.3 is 4.74 Å². The molecule has 1 N–H and O–H groups in total. The molecular formula is C22H16BrFN4OS. The van der Waals surface area contributed by atoms with E-state index < -0.39 is 0 Å². The van der Waals surface area contributed by atoms with Crippen LogP contribution in [0.5, 0.6) is 5.75 Å². The second kappa shape index (κ2) is 9.15. The Balaban J connectivity index is 1.51. The minimum Gasteiger partial charge on any atom is -0.488 e. The van der Waals surface area contributed by atoms with Crippen LogP contribution in [-0.2, 0) is 6.61 Å². The second-order valence-corrected chi connectivity index (χ2v) is 7.62. The SMILES string of the molecule is Fc1cccc(COc2ccc(C=Nn3c(-c4ccccc4)n[nH]c3=S)cc2Br)c1. The zero-order valence-corrected chi connectivity index (χ0v) is 18.0. The Hall–Kier alpha value is -3.10. The fourth-order valence-corrected chi connectivity index (χ4v) is 3.49. The van der Waals surface area contributed by atoms with Gasteiger partial charge in [0.2, 0.25) is 4.77 Å². The molecule has 0 aliphatic carbocycles. The third-order valence-electron chi connectivity index (χ3n) is 4.24. The van der Waals surface area contributed by atoms with Crippen LogP contribution in [-0.4, -0.2) is 21.1 Å². The number of nitrogens with zero attached hydrogens (tertiary/aromatic N) is 3. The molecule has 0 saturated heterocycles. The smallest absolute Gasteiger partial charge is 0.216 e. The first-order valence-electron chi connectivity index (χ1n) is 9.04. The minimum absolute atomic E-state index is 0.272. The van der Waals surface area contributed by atoms with Gasteiger partial charge in [-0.1, -0.05) is 42.5 Å². The average molecular weight is 483 g/mol. The summed E-state index contributed by atoms with van der Waals surface area (Å²) in [5, 5.41) is 11.5. The predicted octanol–water partition coefficient (Wildman–Crippen LogP) is 5.97. The summed E-state index contributed by atoms with van der Waals surface area (Å²) in [7, 11) is 0. The van der Waals surface area contributed by atoms with Crippen molar-refractivity contribution in [2.45, 2.75) is 6.61 Å². The van der Waals surface area contributed by atoms with E-state index in [0.29, 0.717) is 16.3 Å². The lowest BCUT2D eigenvalue weighted by Gasteiger charge is -2.09. The van der Waals surface area contributed by atoms with Gasteiger partial charge in [0, 0.05) is 5.56 Å². The minimum atomic E-state index is -0.283. The zero-order valence-electron chi connectivity index (χ0n) is 15.6. The summed E-state index contributed by atoms with van der Waals surface area (Å²) in [5.41, 5.74) is 2.52. The van der Waals surface area contributed by atoms with Crippen molar-refractivity contribution in [3.05, 3.63) is 99.0 Å². The Morgan fingerprint density at radius 2 is 1.93 bits per heavy atom. The Morgan fingerprint density at radius 1 is 1.10 bits per heavy atom. The first-order chi connectivity index (χ1) is 14.6. The molecular weight excluding hydrogens is 467 g/mol. The summed E-state index contributed by atoms with van der Waals surface area (Å²) in [6.07, 6.45) is 1.69. The molecule has 0 bridgehead atoms. The molecule has 0 aliphatic rings. The molecule has 0 fully saturated rings. The highest BCUT2D eigenvalue weighted by Crippen LogP contribution is 2.26. The van der Waals surface area contributed by atoms with E-state index in [4.69, 9.17) is 17.0 Å². The van der Waals surface area contributed by atoms with Crippen molar-refractivity contribution in [2.75, 3.05) is 0 Å². The average Bonchev–Trinajstić information content (AvgIpc) is 3.12. The van der Waals surface area contributed by atoms with Gasteiger partial charge >= 0.3 is 0 Å². The van der Waals surface area contributed by atoms with Gasteiger partial charge in [-0.15, -0.1) is 0 Å². The summed E-state index contributed by atoms with van der Waals surface area (Å²) < 4.78 is 21.8. The predicted molar refractivity (Wildman–Crippen MR) is 121 cm³/mol. The first-order valence-corrected chi connectivity index (χ1v) is 10.2. The van der Waals surface area contributed by atoms with Crippen LogP contribution in [0.15, 0.2) is 82.4 Å². The van der Waals surface area contributed by atoms with Gasteiger partial charge in [0.05, 0.1) is 10.7 Å². The molecule has 0 amide bonds. The molecule has 3 aromatic carbocycles. The van der Waals surface area contributed by atoms with Crippen LogP contribution >= 0.6 is 28.1 Å². The number of ether oxygens (including phenoxy) is 1. The number of benzene rings is 3. The Kier molecular flexibility index (Phi) is 6.15. The molecule has 0 radical (unpaired) electrons. The normalized spacial score (nSPS) is 11.1. The molecule has 5 nitrogen and oxygen atoms in total. The van der Waals surface area contributed by atoms with Crippen molar-refractivity contribution >= 4 is 34.4 Å². The molecule has 8 heteroatoms. The summed E-state index contributed by atoms with van der Waals surface area (Å²) in [4.78, 5) is 0. The van der Waals surface area contributed by atoms with Crippen molar-refractivity contribution < 1.29 is 9.13 Å². The zero-order chi connectivity index (χ0) is 20.9. The number of aromatic nitrogens is 3. The van der Waals surface area contributed by atoms with Gasteiger partial charge in [-0.25, -0.2) is 9.49 Å². The quantitative estimate of drug-likeness (QED) is 0.272. The highest BCUT2D eigenvalue weighted by Gasteiger charge is 2.08. The van der Waals surface area contributed by atoms with Crippen molar-refractivity contribution in [3.8, 4) is 17.1 Å². The molecule has 0 unspecified atom stereocenters. The Labute approximate surface area is 186 Å². The van der Waals surface area contributed by atoms with E-state index in [2.05, 4.69) is 31.2 Å². The number of rotatable bonds is 6. The topological polar surface area (TPSA) is 55.2 Å². The van der Waals surface area contributed by atoms with Gasteiger partial charge in [-0.05, 0) is 69.6 Å². The van der Waals surface area contributed by atoms with Crippen LogP contribution in [0.3, 0.4) is 0 Å². The molecule has 4 rings (SSSR count). The van der Waals surface area contributed by atoms with Crippen LogP contribution in [0.1, 0.15) is 11.1 Å². The van der Waals surface area contributed by atoms with Crippen LogP contribution in [0, 0.1) is 10.6 Å². The standard InChI is InChI=1S/C22H16BrFN4OS/c23-19-12-15(9-10-20(19)29-14-16-5-4-8-18(24)11-16)13-25-28-21(26-27-22(28)30)17-6-2-1-3-7-17/h1-13H,14H2,(H,27,30). The van der Waals surface area contributed by atoms with Crippen LogP contribution in [0.2, 0.25) is 0 Å². The number of halogens is 2. The fourth-order valence-electron chi connectivity index (χ4n) is 2.80. The molecule has 1 aromatic heterocycles. The van der Waals surface area contributed by atoms with E-state index in [0.717, 1.165) is 21.2 Å². The lowest BCUT2D eigenvalue weighted by atomic mass is 10.2. The lowest BCUT2D eigenvalue weighted by molar-refractivity contribution is 0.303. The van der Waals surface area contributed by atoms with Gasteiger partial charge in [0.15, 0.2) is 5.82 Å². The monoisotopic (exact) mass is 482 g/mol. The van der Waals surface area contributed by atoms with E-state index >= 15 is 0 Å². The number of H-pyrrole nitrogens is 1. The molecule has 30 heavy (non-hydrogen) atoms. The largest absolute Gasteiger partial charge is 0.488 e. The van der Waals surface area contributed by atoms with Crippen molar-refractivity contribution in [3.63, 3.8) is 0 Å². The van der Waals surface area contributed by atoms with Crippen LogP contribution in [0.4, 0.5) is 4.39 Å². The third kappa shape index (κ3) is 4.72. The maximum absolute atomic E-state index is 13.3. The summed E-state index contributed by atoms with van der Waals surface area (Å²) in [6, 6.07) is 21.6. The van der Waals surface area contributed by atoms with Crippen molar-refractivity contribution in [2.24, 2.45) is 5.10 Å². The lowest BCUT2D eigenvalue weighted by Crippen LogP contribution is -1.98. The molecule has 1 heterocycles. The van der Waals surface area contributed by atoms with E-state index in [1.807, 2.05) is 54.6 Å². The summed E-state index contributed by atoms with van der Waals surface area (Å²) >= 11 is 8.81. The maximum atomic E-state index is 13.3. The number of aromatic amines is 1. The molecule has 0 aliphatic heterocycles. The van der Waals surface area contributed by atoms with Gasteiger partial charge in [-0.2, -0.15) is 14.9 Å². The summed E-state index contributed by atoms with van der Waals surface area (Å²) in [5.74, 6) is 1.00. The van der Waals surface area contributed by atoms with E-state index in [9.17, 15) is 4.39 Å². The molecule has 4 aromatic rings. The molecule has 0 spiro atoms. The number of hydrogen-bond acceptors (Lipinski definition) is 4. The molecule has 150 valence electrons. The highest BCUT2D eigenvalue weighted by molar-refractivity contribution is 9.10. The fraction of sp³-hybridized carbons (Fsp3) is 0.0455. The van der Waals surface area contributed by atoms with Crippen LogP contribution in [0.25, 0.3) is 11.4 Å². The maximum Gasteiger partial charge on any atom is 0.216 e.